The number of aliphatic carboxylic acids is 1. The van der Waals surface area contributed by atoms with Crippen molar-refractivity contribution in [2.24, 2.45) is 5.92 Å². The van der Waals surface area contributed by atoms with E-state index in [2.05, 4.69) is 17.3 Å². The monoisotopic (exact) mass is 336 g/mol. The van der Waals surface area contributed by atoms with E-state index in [9.17, 15) is 9.90 Å². The smallest absolute Gasteiger partial charge is 0.353 e. The topological polar surface area (TPSA) is 91.5 Å². The molecule has 0 saturated heterocycles. The van der Waals surface area contributed by atoms with E-state index < -0.39 is 5.97 Å². The molecule has 1 aliphatic carbocycles. The number of hydrogen-bond acceptors (Lipinski definition) is 5. The Labute approximate surface area is 146 Å². The lowest BCUT2D eigenvalue weighted by Crippen LogP contribution is -2.40. The van der Waals surface area contributed by atoms with Crippen molar-refractivity contribution in [1.82, 2.24) is 15.4 Å². The van der Waals surface area contributed by atoms with Gasteiger partial charge in [0.1, 0.15) is 11.5 Å². The Morgan fingerprint density at radius 2 is 2.12 bits per heavy atom. The van der Waals surface area contributed by atoms with Gasteiger partial charge in [0.2, 0.25) is 0 Å². The lowest BCUT2D eigenvalue weighted by Gasteiger charge is -2.36. The lowest BCUT2D eigenvalue weighted by atomic mass is 9.88. The van der Waals surface area contributed by atoms with Crippen LogP contribution in [0.1, 0.15) is 32.3 Å². The molecule has 2 aliphatic heterocycles. The van der Waals surface area contributed by atoms with Crippen LogP contribution in [0.5, 0.6) is 0 Å². The van der Waals surface area contributed by atoms with Crippen LogP contribution in [0.3, 0.4) is 0 Å². The van der Waals surface area contributed by atoms with Gasteiger partial charge >= 0.3 is 5.97 Å². The van der Waals surface area contributed by atoms with E-state index in [1.54, 1.807) is 18.3 Å². The number of pyridine rings is 1. The molecule has 4 N–H and O–H groups in total. The van der Waals surface area contributed by atoms with E-state index in [4.69, 9.17) is 5.73 Å². The third-order valence-corrected chi connectivity index (χ3v) is 4.82. The highest BCUT2D eigenvalue weighted by molar-refractivity contribution is 5.89. The fourth-order valence-corrected chi connectivity index (χ4v) is 3.56. The zero-order valence-corrected chi connectivity index (χ0v) is 14.2. The molecule has 25 heavy (non-hydrogen) atoms. The van der Waals surface area contributed by atoms with Crippen LogP contribution in [0.2, 0.25) is 0 Å². The largest absolute Gasteiger partial charge is 0.477 e. The molecule has 6 nitrogen and oxygen atoms in total. The molecule has 0 amide bonds. The predicted molar refractivity (Wildman–Crippen MR) is 95.4 cm³/mol. The number of aromatic nitrogens is 1. The van der Waals surface area contributed by atoms with Gasteiger partial charge in [0.25, 0.3) is 0 Å². The molecule has 0 spiro atoms. The number of anilines is 1. The molecule has 3 heterocycles. The van der Waals surface area contributed by atoms with Crippen molar-refractivity contribution in [3.8, 4) is 0 Å². The van der Waals surface area contributed by atoms with Crippen LogP contribution in [-0.4, -0.2) is 21.1 Å². The zero-order valence-electron chi connectivity index (χ0n) is 14.2. The first-order valence-corrected chi connectivity index (χ1v) is 8.32. The Morgan fingerprint density at radius 1 is 1.36 bits per heavy atom. The van der Waals surface area contributed by atoms with Crippen LogP contribution in [-0.2, 0) is 4.79 Å². The van der Waals surface area contributed by atoms with Gasteiger partial charge in [-0.1, -0.05) is 0 Å². The molecule has 6 heteroatoms. The number of nitrogens with zero attached hydrogens (tertiary/aromatic N) is 2. The fourth-order valence-electron chi connectivity index (χ4n) is 3.56. The van der Waals surface area contributed by atoms with E-state index in [-0.39, 0.29) is 5.70 Å². The molecule has 0 bridgehead atoms. The summed E-state index contributed by atoms with van der Waals surface area (Å²) in [5.74, 6) is -0.0211. The molecule has 128 valence electrons. The number of nitrogens with two attached hydrogens (primary N) is 1. The molecule has 0 aromatic carbocycles. The normalized spacial score (nSPS) is 20.0. The first kappa shape index (κ1) is 15.5. The maximum Gasteiger partial charge on any atom is 0.353 e. The van der Waals surface area contributed by atoms with Crippen LogP contribution < -0.4 is 11.2 Å². The average molecular weight is 336 g/mol. The quantitative estimate of drug-likeness (QED) is 0.786. The van der Waals surface area contributed by atoms with Crippen molar-refractivity contribution in [1.29, 1.82) is 0 Å². The van der Waals surface area contributed by atoms with Crippen molar-refractivity contribution in [3.63, 3.8) is 0 Å². The summed E-state index contributed by atoms with van der Waals surface area (Å²) in [6.07, 6.45) is 7.72. The Morgan fingerprint density at radius 3 is 2.72 bits per heavy atom. The summed E-state index contributed by atoms with van der Waals surface area (Å²) in [6.45, 7) is 4.09. The number of rotatable bonds is 3. The number of hydrazine groups is 1. The molecule has 0 unspecified atom stereocenters. The third kappa shape index (κ3) is 2.59. The van der Waals surface area contributed by atoms with Gasteiger partial charge in [-0.3, -0.25) is 10.4 Å². The van der Waals surface area contributed by atoms with Crippen molar-refractivity contribution < 1.29 is 9.90 Å². The summed E-state index contributed by atoms with van der Waals surface area (Å²) < 4.78 is 0. The number of nitrogen functional groups attached to an aromatic ring is 1. The molecule has 1 aromatic heterocycles. The summed E-state index contributed by atoms with van der Waals surface area (Å²) in [4.78, 5) is 15.7. The van der Waals surface area contributed by atoms with Gasteiger partial charge in [0, 0.05) is 18.0 Å². The van der Waals surface area contributed by atoms with Crippen LogP contribution >= 0.6 is 0 Å². The maximum absolute atomic E-state index is 11.5. The van der Waals surface area contributed by atoms with Crippen LogP contribution in [0.15, 0.2) is 58.7 Å². The first-order chi connectivity index (χ1) is 12.0. The minimum Gasteiger partial charge on any atom is -0.477 e. The number of carboxylic acid groups (broad SMARTS) is 1. The lowest BCUT2D eigenvalue weighted by molar-refractivity contribution is -0.133. The van der Waals surface area contributed by atoms with E-state index in [1.807, 2.05) is 24.2 Å². The summed E-state index contributed by atoms with van der Waals surface area (Å²) in [6, 6.07) is 3.77. The van der Waals surface area contributed by atoms with Gasteiger partial charge in [0.15, 0.2) is 0 Å². The summed E-state index contributed by atoms with van der Waals surface area (Å²) in [5, 5.41) is 11.2. The number of fused-ring (bicyclic) bond motifs is 1. The second-order valence-electron chi connectivity index (χ2n) is 6.71. The van der Waals surface area contributed by atoms with E-state index in [0.29, 0.717) is 11.7 Å². The molecule has 0 atom stereocenters. The zero-order chi connectivity index (χ0) is 17.7. The number of carboxylic acids is 1. The number of hydrogen-bond donors (Lipinski definition) is 3. The van der Waals surface area contributed by atoms with Gasteiger partial charge in [0.05, 0.1) is 5.70 Å². The predicted octanol–water partition coefficient (Wildman–Crippen LogP) is 2.81. The van der Waals surface area contributed by atoms with E-state index in [0.717, 1.165) is 46.4 Å². The fraction of sp³-hybridized carbons (Fsp3) is 0.263. The second-order valence-corrected chi connectivity index (χ2v) is 6.71. The number of carbonyl (C=O) groups is 1. The van der Waals surface area contributed by atoms with Crippen molar-refractivity contribution in [2.75, 3.05) is 5.73 Å². The highest BCUT2D eigenvalue weighted by Crippen LogP contribution is 2.46. The Balaban J connectivity index is 1.90. The number of nitrogens with one attached hydrogen (secondary N) is 1. The Hall–Kier alpha value is -3.02. The minimum absolute atomic E-state index is 0.208. The van der Waals surface area contributed by atoms with E-state index in [1.165, 1.54) is 0 Å². The molecule has 3 aliphatic rings. The van der Waals surface area contributed by atoms with Gasteiger partial charge in [-0.05, 0) is 73.1 Å². The molecular weight excluding hydrogens is 316 g/mol. The number of allylic oxidation sites excluding steroid dienone is 5. The SMILES string of the molecule is CC1=CN2NC(C(=O)O)=CC(C3CC3)=C2C(C)=C1c1ccc(N)nc1. The molecular formula is C19H20N4O2. The Kier molecular flexibility index (Phi) is 3.42. The molecule has 4 rings (SSSR count). The van der Waals surface area contributed by atoms with Crippen LogP contribution in [0.4, 0.5) is 5.82 Å². The highest BCUT2D eigenvalue weighted by Gasteiger charge is 2.35. The van der Waals surface area contributed by atoms with Crippen LogP contribution in [0.25, 0.3) is 5.57 Å². The van der Waals surface area contributed by atoms with Crippen molar-refractivity contribution in [2.45, 2.75) is 26.7 Å². The second kappa shape index (κ2) is 5.51. The molecule has 0 radical (unpaired) electrons. The van der Waals surface area contributed by atoms with Crippen molar-refractivity contribution >= 4 is 17.4 Å². The Bertz CT molecular complexity index is 887. The van der Waals surface area contributed by atoms with Crippen molar-refractivity contribution in [3.05, 3.63) is 64.3 Å². The van der Waals surface area contributed by atoms with Gasteiger partial charge in [-0.15, -0.1) is 0 Å². The third-order valence-electron chi connectivity index (χ3n) is 4.82. The van der Waals surface area contributed by atoms with Gasteiger partial charge < -0.3 is 10.8 Å². The maximum atomic E-state index is 11.5. The van der Waals surface area contributed by atoms with Gasteiger partial charge in [-0.25, -0.2) is 9.78 Å². The first-order valence-electron chi connectivity index (χ1n) is 8.32. The standard InChI is InChI=1S/C19H20N4O2/c1-10-9-23-18(11(2)17(10)13-5-6-16(20)21-8-13)14(12-3-4-12)7-15(22-23)19(24)25/h5-9,12,22H,3-4H2,1-2H3,(H2,20,21)(H,24,25). The van der Waals surface area contributed by atoms with Crippen LogP contribution in [0, 0.1) is 5.92 Å². The molecule has 1 fully saturated rings. The average Bonchev–Trinajstić information content (AvgIpc) is 3.40. The summed E-state index contributed by atoms with van der Waals surface area (Å²) in [7, 11) is 0. The highest BCUT2D eigenvalue weighted by atomic mass is 16.4. The summed E-state index contributed by atoms with van der Waals surface area (Å²) in [5.41, 5.74) is 15.3. The minimum atomic E-state index is -0.946. The van der Waals surface area contributed by atoms with Gasteiger partial charge in [-0.2, -0.15) is 0 Å². The van der Waals surface area contributed by atoms with E-state index >= 15 is 0 Å². The molecule has 1 saturated carbocycles. The summed E-state index contributed by atoms with van der Waals surface area (Å²) >= 11 is 0. The molecule has 1 aromatic rings.